The minimum Gasteiger partial charge on any atom is -0.452 e. The van der Waals surface area contributed by atoms with Gasteiger partial charge in [0, 0.05) is 5.56 Å². The Bertz CT molecular complexity index is 652. The minimum atomic E-state index is -0.373. The third-order valence-electron chi connectivity index (χ3n) is 2.63. The molecule has 1 heterocycles. The van der Waals surface area contributed by atoms with Crippen LogP contribution >= 0.6 is 23.8 Å². The van der Waals surface area contributed by atoms with E-state index in [-0.39, 0.29) is 21.7 Å². The lowest BCUT2D eigenvalue weighted by molar-refractivity contribution is 0.102. The topological polar surface area (TPSA) is 68.3 Å². The molecule has 0 spiro atoms. The van der Waals surface area contributed by atoms with Gasteiger partial charge in [0.2, 0.25) is 5.22 Å². The summed E-state index contributed by atoms with van der Waals surface area (Å²) in [5.41, 5.74) is 8.02. The standard InChI is InChI=1S/C13H11ClN2O2S/c1-7-3-2-4-9(10(7)12(15)19)16-13(17)8-5-6-18-11(8)14/h2-6H,1H3,(H2,15,19)(H,16,17). The number of nitrogens with one attached hydrogen (secondary N) is 1. The number of hydrogen-bond acceptors (Lipinski definition) is 3. The number of benzene rings is 1. The molecular formula is C13H11ClN2O2S. The second kappa shape index (κ2) is 5.42. The van der Waals surface area contributed by atoms with Crippen LogP contribution in [-0.2, 0) is 0 Å². The Hall–Kier alpha value is -1.85. The molecule has 0 aliphatic rings. The van der Waals surface area contributed by atoms with Crippen molar-refractivity contribution in [2.45, 2.75) is 6.92 Å². The zero-order chi connectivity index (χ0) is 14.0. The number of carbonyl (C=O) groups excluding carboxylic acids is 1. The average molecular weight is 295 g/mol. The Morgan fingerprint density at radius 1 is 1.42 bits per heavy atom. The van der Waals surface area contributed by atoms with Gasteiger partial charge < -0.3 is 15.5 Å². The Kier molecular flexibility index (Phi) is 3.87. The van der Waals surface area contributed by atoms with Crippen LogP contribution in [0.15, 0.2) is 34.9 Å². The van der Waals surface area contributed by atoms with Gasteiger partial charge in [-0.05, 0) is 36.2 Å². The molecule has 0 aliphatic heterocycles. The first-order chi connectivity index (χ1) is 9.00. The number of rotatable bonds is 3. The first kappa shape index (κ1) is 13.6. The van der Waals surface area contributed by atoms with Crippen LogP contribution in [0.1, 0.15) is 21.5 Å². The maximum absolute atomic E-state index is 12.0. The molecule has 4 nitrogen and oxygen atoms in total. The number of carbonyl (C=O) groups is 1. The number of thiocarbonyl (C=S) groups is 1. The van der Waals surface area contributed by atoms with Crippen LogP contribution in [0, 0.1) is 6.92 Å². The monoisotopic (exact) mass is 294 g/mol. The van der Waals surface area contributed by atoms with Crippen molar-refractivity contribution in [1.82, 2.24) is 0 Å². The fraction of sp³-hybridized carbons (Fsp3) is 0.0769. The van der Waals surface area contributed by atoms with Gasteiger partial charge in [-0.3, -0.25) is 4.79 Å². The lowest BCUT2D eigenvalue weighted by atomic mass is 10.1. The Morgan fingerprint density at radius 2 is 2.16 bits per heavy atom. The SMILES string of the molecule is Cc1cccc(NC(=O)c2ccoc2Cl)c1C(N)=S. The zero-order valence-corrected chi connectivity index (χ0v) is 11.6. The molecule has 0 saturated heterocycles. The van der Waals surface area contributed by atoms with E-state index in [4.69, 9.17) is 34.0 Å². The quantitative estimate of drug-likeness (QED) is 0.854. The highest BCUT2D eigenvalue weighted by Gasteiger charge is 2.16. The highest BCUT2D eigenvalue weighted by atomic mass is 35.5. The minimum absolute atomic E-state index is 0.0435. The summed E-state index contributed by atoms with van der Waals surface area (Å²) in [6.07, 6.45) is 1.35. The van der Waals surface area contributed by atoms with Gasteiger partial charge in [-0.25, -0.2) is 0 Å². The van der Waals surface area contributed by atoms with Gasteiger partial charge in [-0.2, -0.15) is 0 Å². The number of halogens is 1. The third-order valence-corrected chi connectivity index (χ3v) is 3.13. The molecule has 0 fully saturated rings. The highest BCUT2D eigenvalue weighted by Crippen LogP contribution is 2.22. The van der Waals surface area contributed by atoms with Gasteiger partial charge in [0.25, 0.3) is 5.91 Å². The predicted octanol–water partition coefficient (Wildman–Crippen LogP) is 3.13. The van der Waals surface area contributed by atoms with Crippen molar-refractivity contribution in [3.05, 3.63) is 52.4 Å². The van der Waals surface area contributed by atoms with Gasteiger partial charge in [-0.1, -0.05) is 24.4 Å². The largest absolute Gasteiger partial charge is 0.452 e. The molecule has 6 heteroatoms. The van der Waals surface area contributed by atoms with Crippen LogP contribution < -0.4 is 11.1 Å². The van der Waals surface area contributed by atoms with Crippen molar-refractivity contribution in [1.29, 1.82) is 0 Å². The first-order valence-corrected chi connectivity index (χ1v) is 6.23. The van der Waals surface area contributed by atoms with E-state index in [0.717, 1.165) is 5.56 Å². The van der Waals surface area contributed by atoms with Gasteiger partial charge in [-0.15, -0.1) is 0 Å². The van der Waals surface area contributed by atoms with Crippen molar-refractivity contribution < 1.29 is 9.21 Å². The average Bonchev–Trinajstić information content (AvgIpc) is 2.75. The fourth-order valence-corrected chi connectivity index (χ4v) is 2.22. The maximum atomic E-state index is 12.0. The molecule has 1 aromatic carbocycles. The van der Waals surface area contributed by atoms with E-state index in [9.17, 15) is 4.79 Å². The van der Waals surface area contributed by atoms with E-state index in [0.29, 0.717) is 11.3 Å². The zero-order valence-electron chi connectivity index (χ0n) is 10.1. The van der Waals surface area contributed by atoms with Gasteiger partial charge in [0.15, 0.2) is 0 Å². The van der Waals surface area contributed by atoms with Crippen LogP contribution in [0.2, 0.25) is 5.22 Å². The van der Waals surface area contributed by atoms with E-state index in [1.807, 2.05) is 19.1 Å². The molecule has 2 aromatic rings. The molecule has 0 unspecified atom stereocenters. The number of hydrogen-bond donors (Lipinski definition) is 2. The summed E-state index contributed by atoms with van der Waals surface area (Å²) in [7, 11) is 0. The Balaban J connectivity index is 2.35. The molecule has 3 N–H and O–H groups in total. The molecule has 19 heavy (non-hydrogen) atoms. The Morgan fingerprint density at radius 3 is 2.74 bits per heavy atom. The van der Waals surface area contributed by atoms with Gasteiger partial charge >= 0.3 is 0 Å². The summed E-state index contributed by atoms with van der Waals surface area (Å²) in [5.74, 6) is -0.373. The number of furan rings is 1. The molecule has 2 rings (SSSR count). The van der Waals surface area contributed by atoms with Crippen LogP contribution in [0.3, 0.4) is 0 Å². The summed E-state index contributed by atoms with van der Waals surface area (Å²) in [6.45, 7) is 1.87. The summed E-state index contributed by atoms with van der Waals surface area (Å²) >= 11 is 10.8. The summed E-state index contributed by atoms with van der Waals surface area (Å²) in [4.78, 5) is 12.3. The first-order valence-electron chi connectivity index (χ1n) is 5.44. The predicted molar refractivity (Wildman–Crippen MR) is 78.7 cm³/mol. The second-order valence-corrected chi connectivity index (χ2v) is 4.71. The Labute approximate surface area is 120 Å². The third kappa shape index (κ3) is 2.77. The van der Waals surface area contributed by atoms with Gasteiger partial charge in [0.1, 0.15) is 4.99 Å². The molecule has 0 radical (unpaired) electrons. The number of aryl methyl sites for hydroxylation is 1. The molecule has 1 aromatic heterocycles. The highest BCUT2D eigenvalue weighted by molar-refractivity contribution is 7.80. The number of nitrogens with two attached hydrogens (primary N) is 1. The summed E-state index contributed by atoms with van der Waals surface area (Å²) in [6, 6.07) is 6.90. The van der Waals surface area contributed by atoms with Crippen molar-refractivity contribution in [3.8, 4) is 0 Å². The van der Waals surface area contributed by atoms with E-state index in [2.05, 4.69) is 5.32 Å². The van der Waals surface area contributed by atoms with Crippen LogP contribution in [-0.4, -0.2) is 10.9 Å². The molecule has 98 valence electrons. The van der Waals surface area contributed by atoms with Crippen molar-refractivity contribution in [2.75, 3.05) is 5.32 Å². The maximum Gasteiger partial charge on any atom is 0.260 e. The molecule has 1 amide bonds. The van der Waals surface area contributed by atoms with Gasteiger partial charge in [0.05, 0.1) is 17.5 Å². The lowest BCUT2D eigenvalue weighted by Gasteiger charge is -2.12. The van der Waals surface area contributed by atoms with Crippen LogP contribution in [0.4, 0.5) is 5.69 Å². The molecule has 0 bridgehead atoms. The fourth-order valence-electron chi connectivity index (χ4n) is 1.74. The number of amides is 1. The second-order valence-electron chi connectivity index (χ2n) is 3.92. The van der Waals surface area contributed by atoms with Crippen molar-refractivity contribution >= 4 is 40.4 Å². The van der Waals surface area contributed by atoms with E-state index in [1.165, 1.54) is 12.3 Å². The van der Waals surface area contributed by atoms with Crippen LogP contribution in [0.25, 0.3) is 0 Å². The van der Waals surface area contributed by atoms with Crippen molar-refractivity contribution in [2.24, 2.45) is 5.73 Å². The normalized spacial score (nSPS) is 10.2. The van der Waals surface area contributed by atoms with E-state index >= 15 is 0 Å². The summed E-state index contributed by atoms with van der Waals surface area (Å²) in [5, 5.41) is 2.77. The number of anilines is 1. The molecular weight excluding hydrogens is 284 g/mol. The van der Waals surface area contributed by atoms with Crippen molar-refractivity contribution in [3.63, 3.8) is 0 Å². The summed E-state index contributed by atoms with van der Waals surface area (Å²) < 4.78 is 4.88. The van der Waals surface area contributed by atoms with E-state index < -0.39 is 0 Å². The lowest BCUT2D eigenvalue weighted by Crippen LogP contribution is -2.18. The molecule has 0 aliphatic carbocycles. The smallest absolute Gasteiger partial charge is 0.260 e. The molecule has 0 atom stereocenters. The molecule has 0 saturated carbocycles. The van der Waals surface area contributed by atoms with E-state index in [1.54, 1.807) is 6.07 Å². The van der Waals surface area contributed by atoms with Crippen LogP contribution in [0.5, 0.6) is 0 Å².